The Morgan fingerprint density at radius 2 is 2.56 bits per heavy atom. The number of aryl methyl sites for hydroxylation is 1. The predicted molar refractivity (Wildman–Crippen MR) is 39.1 cm³/mol. The van der Waals surface area contributed by atoms with Gasteiger partial charge >= 0.3 is 0 Å². The van der Waals surface area contributed by atoms with Crippen LogP contribution in [0.15, 0.2) is 16.8 Å². The fraction of sp³-hybridized carbons (Fsp3) is 0.333. The third-order valence-electron chi connectivity index (χ3n) is 0.632. The van der Waals surface area contributed by atoms with Crippen LogP contribution >= 0.6 is 15.9 Å². The van der Waals surface area contributed by atoms with Crippen molar-refractivity contribution in [1.29, 1.82) is 0 Å². The Bertz CT molecular complexity index is 393. The summed E-state index contributed by atoms with van der Waals surface area (Å²) in [7, 11) is 0. The normalized spacial score (nSPS) is 23.9. The Kier molecular flexibility index (Phi) is 0.655. The Morgan fingerprint density at radius 3 is 3.11 bits per heavy atom. The molecule has 0 fully saturated rings. The molecule has 1 heterocycles. The summed E-state index contributed by atoms with van der Waals surface area (Å²) in [4.78, 5) is 6.85. The maximum atomic E-state index is 7.38. The number of aromatic nitrogens is 2. The van der Waals surface area contributed by atoms with Crippen molar-refractivity contribution in [2.24, 2.45) is 0 Å². The first-order valence-electron chi connectivity index (χ1n) is 5.58. The zero-order chi connectivity index (χ0) is 12.7. The molecule has 0 spiro atoms. The summed E-state index contributed by atoms with van der Waals surface area (Å²) < 4.78 is 50.4. The molecule has 0 aliphatic rings. The van der Waals surface area contributed by atoms with Crippen LogP contribution in [-0.2, 0) is 6.37 Å². The molecule has 1 aromatic rings. The van der Waals surface area contributed by atoms with E-state index < -0.39 is 31.4 Å². The van der Waals surface area contributed by atoms with Gasteiger partial charge in [0.05, 0.1) is 7.21 Å². The van der Waals surface area contributed by atoms with Crippen LogP contribution in [0.3, 0.4) is 0 Å². The second-order valence-electron chi connectivity index (χ2n) is 1.21. The SMILES string of the molecule is [2H]c1nc(C([2H])([2H])C([2H])([2H])[2H])nc([2H])c1Br. The molecule has 9 heavy (non-hydrogen) atoms. The van der Waals surface area contributed by atoms with Crippen LogP contribution in [0.4, 0.5) is 0 Å². The summed E-state index contributed by atoms with van der Waals surface area (Å²) in [6, 6.07) is 0. The fourth-order valence-electron chi connectivity index (χ4n) is 0.310. The van der Waals surface area contributed by atoms with Crippen LogP contribution in [0.1, 0.15) is 22.3 Å². The van der Waals surface area contributed by atoms with Crippen molar-refractivity contribution >= 4 is 15.9 Å². The molecule has 3 heteroatoms. The van der Waals surface area contributed by atoms with Crippen molar-refractivity contribution in [3.63, 3.8) is 0 Å². The number of halogens is 1. The molecule has 0 bridgehead atoms. The Balaban J connectivity index is 3.35. The van der Waals surface area contributed by atoms with Gasteiger partial charge < -0.3 is 0 Å². The summed E-state index contributed by atoms with van der Waals surface area (Å²) in [6.45, 7) is -2.94. The Labute approximate surface area is 72.3 Å². The van der Waals surface area contributed by atoms with E-state index in [1.54, 1.807) is 0 Å². The Morgan fingerprint density at radius 1 is 1.89 bits per heavy atom. The van der Waals surface area contributed by atoms with Crippen molar-refractivity contribution in [2.75, 3.05) is 0 Å². The number of hydrogen-bond acceptors (Lipinski definition) is 2. The highest BCUT2D eigenvalue weighted by molar-refractivity contribution is 9.10. The zero-order valence-electron chi connectivity index (χ0n) is 11.3. The molecule has 0 amide bonds. The maximum Gasteiger partial charge on any atom is 0.128 e. The molecule has 0 aliphatic heterocycles. The molecule has 0 atom stereocenters. The van der Waals surface area contributed by atoms with Crippen molar-refractivity contribution in [3.05, 3.63) is 22.6 Å². The van der Waals surface area contributed by atoms with Gasteiger partial charge in [0.2, 0.25) is 0 Å². The van der Waals surface area contributed by atoms with Gasteiger partial charge in [0.1, 0.15) is 5.82 Å². The van der Waals surface area contributed by atoms with E-state index in [1.807, 2.05) is 0 Å². The van der Waals surface area contributed by atoms with Crippen LogP contribution in [0.2, 0.25) is 0 Å². The molecule has 1 aromatic heterocycles. The van der Waals surface area contributed by atoms with Crippen LogP contribution in [0.5, 0.6) is 0 Å². The van der Waals surface area contributed by atoms with Gasteiger partial charge in [-0.3, -0.25) is 0 Å². The second kappa shape index (κ2) is 2.92. The van der Waals surface area contributed by atoms with Crippen molar-refractivity contribution < 1.29 is 9.60 Å². The quantitative estimate of drug-likeness (QED) is 0.681. The smallest absolute Gasteiger partial charge is 0.128 e. The summed E-state index contributed by atoms with van der Waals surface area (Å²) in [5.41, 5.74) is 0. The van der Waals surface area contributed by atoms with Crippen molar-refractivity contribution in [1.82, 2.24) is 9.97 Å². The molecule has 0 unspecified atom stereocenters. The summed E-state index contributed by atoms with van der Waals surface area (Å²) >= 11 is 2.87. The third-order valence-corrected chi connectivity index (χ3v) is 0.986. The van der Waals surface area contributed by atoms with Gasteiger partial charge in [-0.25, -0.2) is 9.97 Å². The minimum Gasteiger partial charge on any atom is -0.240 e. The van der Waals surface area contributed by atoms with Crippen molar-refractivity contribution in [2.45, 2.75) is 13.2 Å². The van der Waals surface area contributed by atoms with E-state index in [0.29, 0.717) is 0 Å². The second-order valence-corrected chi connectivity index (χ2v) is 2.00. The number of hydrogen-bond donors (Lipinski definition) is 0. The van der Waals surface area contributed by atoms with Gasteiger partial charge in [0.25, 0.3) is 0 Å². The van der Waals surface area contributed by atoms with Crippen LogP contribution in [0.25, 0.3) is 0 Å². The molecular formula is C6H7BrN2. The molecule has 0 aromatic carbocycles. The molecule has 2 nitrogen and oxygen atoms in total. The topological polar surface area (TPSA) is 25.8 Å². The van der Waals surface area contributed by atoms with Crippen LogP contribution in [0, 0.1) is 0 Å². The third kappa shape index (κ3) is 1.75. The van der Waals surface area contributed by atoms with Crippen molar-refractivity contribution in [3.8, 4) is 0 Å². The standard InChI is InChI=1S/C6H7BrN2/c1-2-6-8-3-5(7)4-9-6/h3-4H,2H2,1H3/i1D3,2D2,3D,4D. The highest BCUT2D eigenvalue weighted by Crippen LogP contribution is 2.03. The highest BCUT2D eigenvalue weighted by atomic mass is 79.9. The van der Waals surface area contributed by atoms with Crippen LogP contribution < -0.4 is 0 Å². The largest absolute Gasteiger partial charge is 0.240 e. The average molecular weight is 194 g/mol. The first kappa shape index (κ1) is 2.02. The fourth-order valence-corrected chi connectivity index (χ4v) is 0.487. The van der Waals surface area contributed by atoms with Gasteiger partial charge in [-0.05, 0) is 15.9 Å². The molecule has 0 radical (unpaired) electrons. The Hall–Kier alpha value is -0.440. The minimum absolute atomic E-state index is 0.00223. The highest BCUT2D eigenvalue weighted by Gasteiger charge is 1.89. The van der Waals surface area contributed by atoms with Gasteiger partial charge in [-0.1, -0.05) is 6.85 Å². The lowest BCUT2D eigenvalue weighted by Crippen LogP contribution is -1.89. The monoisotopic (exact) mass is 193 g/mol. The molecule has 0 saturated carbocycles. The van der Waals surface area contributed by atoms with Gasteiger partial charge in [-0.2, -0.15) is 0 Å². The lowest BCUT2D eigenvalue weighted by atomic mass is 10.4. The van der Waals surface area contributed by atoms with Crippen LogP contribution in [-0.4, -0.2) is 9.97 Å². The number of nitrogens with zero attached hydrogens (tertiary/aromatic N) is 2. The van der Waals surface area contributed by atoms with E-state index >= 15 is 0 Å². The summed E-state index contributed by atoms with van der Waals surface area (Å²) in [5, 5.41) is 0. The molecular weight excluding hydrogens is 180 g/mol. The maximum absolute atomic E-state index is 7.38. The lowest BCUT2D eigenvalue weighted by molar-refractivity contribution is 0.934. The first-order valence-corrected chi connectivity index (χ1v) is 2.88. The van der Waals surface area contributed by atoms with Gasteiger partial charge in [0, 0.05) is 25.6 Å². The molecule has 0 aliphatic carbocycles. The average Bonchev–Trinajstić information content (AvgIpc) is 2.11. The van der Waals surface area contributed by atoms with E-state index in [-0.39, 0.29) is 4.47 Å². The van der Waals surface area contributed by atoms with E-state index in [2.05, 4.69) is 25.9 Å². The van der Waals surface area contributed by atoms with E-state index in [4.69, 9.17) is 9.60 Å². The molecule has 1 rings (SSSR count). The molecule has 0 N–H and O–H groups in total. The first-order chi connectivity index (χ1) is 7.07. The van der Waals surface area contributed by atoms with Gasteiger partial charge in [-0.15, -0.1) is 0 Å². The minimum atomic E-state index is -2.94. The van der Waals surface area contributed by atoms with E-state index in [1.165, 1.54) is 0 Å². The summed E-state index contributed by atoms with van der Waals surface area (Å²) in [6.07, 6.45) is -3.61. The zero-order valence-corrected chi connectivity index (χ0v) is 5.86. The van der Waals surface area contributed by atoms with E-state index in [0.717, 1.165) is 0 Å². The number of rotatable bonds is 1. The predicted octanol–water partition coefficient (Wildman–Crippen LogP) is 1.80. The van der Waals surface area contributed by atoms with E-state index in [9.17, 15) is 0 Å². The summed E-state index contributed by atoms with van der Waals surface area (Å²) in [5.74, 6) is -0.675. The lowest BCUT2D eigenvalue weighted by Gasteiger charge is -1.91. The molecule has 48 valence electrons. The molecule has 0 saturated heterocycles. The van der Waals surface area contributed by atoms with Gasteiger partial charge in [0.15, 0.2) is 0 Å².